The summed E-state index contributed by atoms with van der Waals surface area (Å²) in [7, 11) is 0. The summed E-state index contributed by atoms with van der Waals surface area (Å²) < 4.78 is 27.1. The van der Waals surface area contributed by atoms with E-state index in [1.807, 2.05) is 31.2 Å². The highest BCUT2D eigenvalue weighted by atomic mass is 19.1. The molecule has 0 aromatic heterocycles. The number of hydrogen-bond donors (Lipinski definition) is 2. The van der Waals surface area contributed by atoms with Gasteiger partial charge in [-0.2, -0.15) is 0 Å². The number of anilines is 2. The molecule has 0 unspecified atom stereocenters. The largest absolute Gasteiger partial charge is 0.399 e. The summed E-state index contributed by atoms with van der Waals surface area (Å²) >= 11 is 0. The van der Waals surface area contributed by atoms with Gasteiger partial charge in [0.05, 0.1) is 0 Å². The van der Waals surface area contributed by atoms with Gasteiger partial charge in [0, 0.05) is 12.2 Å². The van der Waals surface area contributed by atoms with Gasteiger partial charge in [-0.05, 0) is 36.6 Å². The predicted octanol–water partition coefficient (Wildman–Crippen LogP) is 3.51. The second kappa shape index (κ2) is 5.69. The van der Waals surface area contributed by atoms with Gasteiger partial charge in [-0.15, -0.1) is 0 Å². The number of aryl methyl sites for hydroxylation is 1. The summed E-state index contributed by atoms with van der Waals surface area (Å²) in [6, 6.07) is 10.2. The van der Waals surface area contributed by atoms with Gasteiger partial charge >= 0.3 is 0 Å². The fraction of sp³-hybridized carbons (Fsp3) is 0.200. The molecule has 0 fully saturated rings. The van der Waals surface area contributed by atoms with Crippen molar-refractivity contribution in [3.05, 3.63) is 59.2 Å². The quantitative estimate of drug-likeness (QED) is 0.827. The fourth-order valence-corrected chi connectivity index (χ4v) is 1.97. The molecule has 19 heavy (non-hydrogen) atoms. The molecule has 0 amide bonds. The molecule has 2 aromatic rings. The van der Waals surface area contributed by atoms with Crippen LogP contribution < -0.4 is 11.1 Å². The molecule has 4 heteroatoms. The van der Waals surface area contributed by atoms with Crippen molar-refractivity contribution < 1.29 is 8.78 Å². The van der Waals surface area contributed by atoms with Crippen molar-refractivity contribution in [3.63, 3.8) is 0 Å². The van der Waals surface area contributed by atoms with Crippen LogP contribution in [-0.4, -0.2) is 6.54 Å². The molecule has 0 aliphatic carbocycles. The van der Waals surface area contributed by atoms with Crippen LogP contribution in [0.4, 0.5) is 20.2 Å². The molecule has 0 saturated carbocycles. The van der Waals surface area contributed by atoms with Crippen LogP contribution in [0.2, 0.25) is 0 Å². The first-order valence-corrected chi connectivity index (χ1v) is 6.11. The lowest BCUT2D eigenvalue weighted by atomic mass is 10.1. The molecule has 0 atom stereocenters. The second-order valence-corrected chi connectivity index (χ2v) is 4.46. The Morgan fingerprint density at radius 1 is 1.11 bits per heavy atom. The normalized spacial score (nSPS) is 10.5. The molecule has 2 rings (SSSR count). The number of rotatable bonds is 4. The molecule has 0 radical (unpaired) electrons. The van der Waals surface area contributed by atoms with Crippen LogP contribution in [0.3, 0.4) is 0 Å². The third-order valence-electron chi connectivity index (χ3n) is 3.02. The summed E-state index contributed by atoms with van der Waals surface area (Å²) in [5.74, 6) is -1.33. The lowest BCUT2D eigenvalue weighted by Crippen LogP contribution is -2.09. The van der Waals surface area contributed by atoms with E-state index in [2.05, 4.69) is 5.32 Å². The Labute approximate surface area is 111 Å². The van der Waals surface area contributed by atoms with E-state index in [1.54, 1.807) is 0 Å². The Kier molecular flexibility index (Phi) is 4.00. The predicted molar refractivity (Wildman–Crippen MR) is 74.1 cm³/mol. The fourth-order valence-electron chi connectivity index (χ4n) is 1.97. The van der Waals surface area contributed by atoms with E-state index in [1.165, 1.54) is 5.56 Å². The molecule has 0 saturated heterocycles. The average Bonchev–Trinajstić information content (AvgIpc) is 2.34. The zero-order chi connectivity index (χ0) is 13.8. The van der Waals surface area contributed by atoms with Gasteiger partial charge in [0.15, 0.2) is 11.6 Å². The standard InChI is InChI=1S/C15H16F2N2/c1-10-4-2-3-5-11(10)6-7-19-15-13(16)8-12(18)9-14(15)17/h2-5,8-9,19H,6-7,18H2,1H3. The second-order valence-electron chi connectivity index (χ2n) is 4.46. The summed E-state index contributed by atoms with van der Waals surface area (Å²) in [5.41, 5.74) is 7.65. The molecule has 0 bridgehead atoms. The first-order chi connectivity index (χ1) is 9.08. The minimum atomic E-state index is -0.665. The first-order valence-electron chi connectivity index (χ1n) is 6.11. The Balaban J connectivity index is 2.02. The monoisotopic (exact) mass is 262 g/mol. The van der Waals surface area contributed by atoms with E-state index in [9.17, 15) is 8.78 Å². The van der Waals surface area contributed by atoms with Crippen molar-refractivity contribution in [1.29, 1.82) is 0 Å². The maximum Gasteiger partial charge on any atom is 0.151 e. The van der Waals surface area contributed by atoms with Gasteiger partial charge < -0.3 is 11.1 Å². The van der Waals surface area contributed by atoms with Crippen LogP contribution in [0.15, 0.2) is 36.4 Å². The number of hydrogen-bond acceptors (Lipinski definition) is 2. The van der Waals surface area contributed by atoms with Crippen LogP contribution in [0.5, 0.6) is 0 Å². The highest BCUT2D eigenvalue weighted by Gasteiger charge is 2.09. The van der Waals surface area contributed by atoms with Crippen molar-refractivity contribution >= 4 is 11.4 Å². The van der Waals surface area contributed by atoms with Gasteiger partial charge in [0.25, 0.3) is 0 Å². The molecule has 2 aromatic carbocycles. The van der Waals surface area contributed by atoms with E-state index < -0.39 is 11.6 Å². The molecule has 0 aliphatic heterocycles. The minimum Gasteiger partial charge on any atom is -0.399 e. The van der Waals surface area contributed by atoms with Crippen molar-refractivity contribution in [3.8, 4) is 0 Å². The van der Waals surface area contributed by atoms with E-state index in [4.69, 9.17) is 5.73 Å². The molecule has 0 heterocycles. The lowest BCUT2D eigenvalue weighted by molar-refractivity contribution is 0.589. The summed E-state index contributed by atoms with van der Waals surface area (Å²) in [5, 5.41) is 2.78. The summed E-state index contributed by atoms with van der Waals surface area (Å²) in [6.07, 6.45) is 0.704. The minimum absolute atomic E-state index is 0.0828. The number of halogens is 2. The van der Waals surface area contributed by atoms with E-state index in [-0.39, 0.29) is 11.4 Å². The highest BCUT2D eigenvalue weighted by molar-refractivity contribution is 5.54. The highest BCUT2D eigenvalue weighted by Crippen LogP contribution is 2.21. The third kappa shape index (κ3) is 3.22. The Morgan fingerprint density at radius 2 is 1.74 bits per heavy atom. The number of nitrogen functional groups attached to an aromatic ring is 1. The van der Waals surface area contributed by atoms with Gasteiger partial charge in [0.2, 0.25) is 0 Å². The number of benzene rings is 2. The zero-order valence-corrected chi connectivity index (χ0v) is 10.7. The number of nitrogens with two attached hydrogens (primary N) is 1. The Bertz CT molecular complexity index is 559. The average molecular weight is 262 g/mol. The molecule has 0 spiro atoms. The molecular formula is C15H16F2N2. The van der Waals surface area contributed by atoms with E-state index in [0.717, 1.165) is 17.7 Å². The van der Waals surface area contributed by atoms with Gasteiger partial charge in [-0.25, -0.2) is 8.78 Å². The van der Waals surface area contributed by atoms with Gasteiger partial charge in [0.1, 0.15) is 5.69 Å². The smallest absolute Gasteiger partial charge is 0.151 e. The Hall–Kier alpha value is -2.10. The van der Waals surface area contributed by atoms with Crippen molar-refractivity contribution in [1.82, 2.24) is 0 Å². The molecular weight excluding hydrogens is 246 g/mol. The SMILES string of the molecule is Cc1ccccc1CCNc1c(F)cc(N)cc1F. The zero-order valence-electron chi connectivity index (χ0n) is 10.7. The molecule has 3 N–H and O–H groups in total. The van der Waals surface area contributed by atoms with Crippen LogP contribution in [0, 0.1) is 18.6 Å². The topological polar surface area (TPSA) is 38.0 Å². The molecule has 0 aliphatic rings. The van der Waals surface area contributed by atoms with Crippen LogP contribution in [-0.2, 0) is 6.42 Å². The van der Waals surface area contributed by atoms with Crippen LogP contribution in [0.25, 0.3) is 0 Å². The maximum atomic E-state index is 13.5. The lowest BCUT2D eigenvalue weighted by Gasteiger charge is -2.10. The molecule has 100 valence electrons. The summed E-state index contributed by atoms with van der Waals surface area (Å²) in [6.45, 7) is 2.47. The van der Waals surface area contributed by atoms with Crippen LogP contribution >= 0.6 is 0 Å². The van der Waals surface area contributed by atoms with Gasteiger partial charge in [-0.1, -0.05) is 24.3 Å². The Morgan fingerprint density at radius 3 is 2.37 bits per heavy atom. The van der Waals surface area contributed by atoms with Crippen LogP contribution in [0.1, 0.15) is 11.1 Å². The number of nitrogens with one attached hydrogen (secondary N) is 1. The van der Waals surface area contributed by atoms with Crippen molar-refractivity contribution in [2.24, 2.45) is 0 Å². The van der Waals surface area contributed by atoms with Gasteiger partial charge in [-0.3, -0.25) is 0 Å². The van der Waals surface area contributed by atoms with E-state index in [0.29, 0.717) is 13.0 Å². The van der Waals surface area contributed by atoms with Crippen molar-refractivity contribution in [2.45, 2.75) is 13.3 Å². The first kappa shape index (κ1) is 13.3. The third-order valence-corrected chi connectivity index (χ3v) is 3.02. The van der Waals surface area contributed by atoms with Crippen molar-refractivity contribution in [2.75, 3.05) is 17.6 Å². The summed E-state index contributed by atoms with van der Waals surface area (Å²) in [4.78, 5) is 0. The molecule has 2 nitrogen and oxygen atoms in total. The van der Waals surface area contributed by atoms with E-state index >= 15 is 0 Å². The maximum absolute atomic E-state index is 13.5.